The fraction of sp³-hybridized carbons (Fsp3) is 0.500. The van der Waals surface area contributed by atoms with Gasteiger partial charge in [-0.05, 0) is 37.5 Å². The van der Waals surface area contributed by atoms with Gasteiger partial charge in [0.1, 0.15) is 0 Å². The summed E-state index contributed by atoms with van der Waals surface area (Å²) in [6, 6.07) is 4.56. The number of amides is 2. The summed E-state index contributed by atoms with van der Waals surface area (Å²) in [5.74, 6) is -0.628. The molecule has 1 aliphatic heterocycles. The molecule has 1 aliphatic rings. The Kier molecular flexibility index (Phi) is 5.61. The van der Waals surface area contributed by atoms with E-state index in [4.69, 9.17) is 5.73 Å². The first kappa shape index (κ1) is 18.4. The highest BCUT2D eigenvalue weighted by Crippen LogP contribution is 2.17. The third kappa shape index (κ3) is 4.78. The number of benzene rings is 1. The molecule has 0 aromatic heterocycles. The van der Waals surface area contributed by atoms with Crippen LogP contribution >= 0.6 is 0 Å². The van der Waals surface area contributed by atoms with Gasteiger partial charge >= 0.3 is 0 Å². The van der Waals surface area contributed by atoms with Crippen LogP contribution in [0.2, 0.25) is 0 Å². The fourth-order valence-electron chi connectivity index (χ4n) is 2.80. The van der Waals surface area contributed by atoms with Crippen LogP contribution in [0, 0.1) is 6.92 Å². The number of rotatable bonds is 5. The minimum Gasteiger partial charge on any atom is -0.369 e. The van der Waals surface area contributed by atoms with Crippen molar-refractivity contribution in [3.63, 3.8) is 0 Å². The van der Waals surface area contributed by atoms with Crippen LogP contribution < -0.4 is 11.1 Å². The van der Waals surface area contributed by atoms with Gasteiger partial charge in [0.05, 0.1) is 11.4 Å². The molecule has 24 heavy (non-hydrogen) atoms. The summed E-state index contributed by atoms with van der Waals surface area (Å²) in [4.78, 5) is 25.5. The van der Waals surface area contributed by atoms with Crippen molar-refractivity contribution < 1.29 is 18.0 Å². The first-order valence-corrected chi connectivity index (χ1v) is 9.68. The van der Waals surface area contributed by atoms with E-state index < -0.39 is 9.84 Å². The lowest BCUT2D eigenvalue weighted by atomic mass is 10.0. The monoisotopic (exact) mass is 353 g/mol. The second-order valence-corrected chi connectivity index (χ2v) is 8.25. The molecule has 0 atom stereocenters. The number of likely N-dealkylation sites (tertiary alicyclic amines) is 1. The normalized spacial score (nSPS) is 16.8. The van der Waals surface area contributed by atoms with E-state index in [1.165, 1.54) is 12.1 Å². The molecule has 0 bridgehead atoms. The number of hydrogen-bond donors (Lipinski definition) is 2. The summed E-state index contributed by atoms with van der Waals surface area (Å²) in [6.45, 7) is 3.39. The van der Waals surface area contributed by atoms with Gasteiger partial charge in [0.2, 0.25) is 5.91 Å². The van der Waals surface area contributed by atoms with E-state index in [9.17, 15) is 18.0 Å². The predicted molar refractivity (Wildman–Crippen MR) is 90.4 cm³/mol. The molecular weight excluding hydrogens is 330 g/mol. The van der Waals surface area contributed by atoms with Crippen LogP contribution in [0.5, 0.6) is 0 Å². The topological polar surface area (TPSA) is 110 Å². The number of carbonyl (C=O) groups is 2. The minimum absolute atomic E-state index is 0.00270. The zero-order valence-electron chi connectivity index (χ0n) is 13.9. The van der Waals surface area contributed by atoms with Gasteiger partial charge in [0, 0.05) is 31.0 Å². The molecule has 1 saturated heterocycles. The van der Waals surface area contributed by atoms with E-state index in [0.717, 1.165) is 24.7 Å². The standard InChI is InChI=1S/C16H23N3O4S/c1-11-3-4-13(24(2,22)23)9-14(11)16(21)18-12-5-7-19(8-6-12)10-15(17)20/h3-4,9,12H,5-8,10H2,1-2H3,(H2,17,20)(H,18,21). The lowest BCUT2D eigenvalue weighted by molar-refractivity contribution is -0.119. The Morgan fingerprint density at radius 3 is 2.46 bits per heavy atom. The van der Waals surface area contributed by atoms with Crippen molar-refractivity contribution in [1.29, 1.82) is 0 Å². The molecule has 0 radical (unpaired) electrons. The number of primary amides is 1. The molecule has 7 nitrogen and oxygen atoms in total. The van der Waals surface area contributed by atoms with Gasteiger partial charge < -0.3 is 11.1 Å². The van der Waals surface area contributed by atoms with E-state index in [1.54, 1.807) is 13.0 Å². The van der Waals surface area contributed by atoms with E-state index in [-0.39, 0.29) is 29.3 Å². The van der Waals surface area contributed by atoms with E-state index in [2.05, 4.69) is 5.32 Å². The summed E-state index contributed by atoms with van der Waals surface area (Å²) in [5.41, 5.74) is 6.28. The molecule has 0 unspecified atom stereocenters. The molecule has 1 aromatic carbocycles. The summed E-state index contributed by atoms with van der Waals surface area (Å²) in [6.07, 6.45) is 2.57. The Hall–Kier alpha value is -1.93. The minimum atomic E-state index is -3.36. The van der Waals surface area contributed by atoms with Gasteiger partial charge in [-0.25, -0.2) is 8.42 Å². The lowest BCUT2D eigenvalue weighted by Gasteiger charge is -2.31. The SMILES string of the molecule is Cc1ccc(S(C)(=O)=O)cc1C(=O)NC1CCN(CC(N)=O)CC1. The average Bonchev–Trinajstić information content (AvgIpc) is 2.48. The third-order valence-electron chi connectivity index (χ3n) is 4.18. The Morgan fingerprint density at radius 2 is 1.92 bits per heavy atom. The Labute approximate surface area is 142 Å². The maximum absolute atomic E-state index is 12.5. The molecule has 0 saturated carbocycles. The van der Waals surface area contributed by atoms with Crippen molar-refractivity contribution in [1.82, 2.24) is 10.2 Å². The van der Waals surface area contributed by atoms with Crippen molar-refractivity contribution in [3.05, 3.63) is 29.3 Å². The fourth-order valence-corrected chi connectivity index (χ4v) is 3.44. The van der Waals surface area contributed by atoms with Crippen molar-refractivity contribution in [3.8, 4) is 0 Å². The molecule has 8 heteroatoms. The number of nitrogens with one attached hydrogen (secondary N) is 1. The van der Waals surface area contributed by atoms with E-state index in [0.29, 0.717) is 18.7 Å². The number of carbonyl (C=O) groups excluding carboxylic acids is 2. The molecule has 1 heterocycles. The molecule has 1 fully saturated rings. The van der Waals surface area contributed by atoms with Gasteiger partial charge in [-0.3, -0.25) is 14.5 Å². The lowest BCUT2D eigenvalue weighted by Crippen LogP contribution is -2.46. The smallest absolute Gasteiger partial charge is 0.251 e. The van der Waals surface area contributed by atoms with Crippen molar-refractivity contribution in [2.45, 2.75) is 30.7 Å². The van der Waals surface area contributed by atoms with Crippen LogP contribution in [0.4, 0.5) is 0 Å². The van der Waals surface area contributed by atoms with Gasteiger partial charge in [0.15, 0.2) is 9.84 Å². The number of sulfone groups is 1. The molecule has 3 N–H and O–H groups in total. The maximum atomic E-state index is 12.5. The molecule has 2 amide bonds. The van der Waals surface area contributed by atoms with E-state index >= 15 is 0 Å². The van der Waals surface area contributed by atoms with Crippen molar-refractivity contribution >= 4 is 21.7 Å². The highest BCUT2D eigenvalue weighted by Gasteiger charge is 2.23. The highest BCUT2D eigenvalue weighted by atomic mass is 32.2. The van der Waals surface area contributed by atoms with Gasteiger partial charge in [-0.2, -0.15) is 0 Å². The molecular formula is C16H23N3O4S. The first-order chi connectivity index (χ1) is 11.2. The molecule has 0 spiro atoms. The van der Waals surface area contributed by atoms with Crippen LogP contribution in [0.15, 0.2) is 23.1 Å². The Morgan fingerprint density at radius 1 is 1.29 bits per heavy atom. The highest BCUT2D eigenvalue weighted by molar-refractivity contribution is 7.90. The summed E-state index contributed by atoms with van der Waals surface area (Å²) >= 11 is 0. The predicted octanol–water partition coefficient (Wildman–Crippen LogP) is 0.0780. The van der Waals surface area contributed by atoms with Gasteiger partial charge in [-0.1, -0.05) is 6.07 Å². The van der Waals surface area contributed by atoms with Crippen LogP contribution in [0.25, 0.3) is 0 Å². The maximum Gasteiger partial charge on any atom is 0.251 e. The van der Waals surface area contributed by atoms with Crippen molar-refractivity contribution in [2.75, 3.05) is 25.9 Å². The largest absolute Gasteiger partial charge is 0.369 e. The number of nitrogens with two attached hydrogens (primary N) is 1. The second kappa shape index (κ2) is 7.31. The number of piperidine rings is 1. The Balaban J connectivity index is 2.02. The average molecular weight is 353 g/mol. The van der Waals surface area contributed by atoms with Crippen LogP contribution in [0.1, 0.15) is 28.8 Å². The van der Waals surface area contributed by atoms with Crippen LogP contribution in [0.3, 0.4) is 0 Å². The van der Waals surface area contributed by atoms with Gasteiger partial charge in [-0.15, -0.1) is 0 Å². The molecule has 2 rings (SSSR count). The number of aryl methyl sites for hydroxylation is 1. The third-order valence-corrected chi connectivity index (χ3v) is 5.29. The first-order valence-electron chi connectivity index (χ1n) is 7.79. The number of hydrogen-bond acceptors (Lipinski definition) is 5. The number of nitrogens with zero attached hydrogens (tertiary/aromatic N) is 1. The second-order valence-electron chi connectivity index (χ2n) is 6.24. The van der Waals surface area contributed by atoms with Crippen molar-refractivity contribution in [2.24, 2.45) is 5.73 Å². The zero-order valence-corrected chi connectivity index (χ0v) is 14.7. The summed E-state index contributed by atoms with van der Waals surface area (Å²) in [5, 5.41) is 2.95. The molecule has 0 aliphatic carbocycles. The molecule has 1 aromatic rings. The zero-order chi connectivity index (χ0) is 17.9. The Bertz CT molecular complexity index is 738. The molecule has 132 valence electrons. The van der Waals surface area contributed by atoms with Crippen LogP contribution in [-0.2, 0) is 14.6 Å². The summed E-state index contributed by atoms with van der Waals surface area (Å²) < 4.78 is 23.3. The summed E-state index contributed by atoms with van der Waals surface area (Å²) in [7, 11) is -3.36. The van der Waals surface area contributed by atoms with Crippen LogP contribution in [-0.4, -0.2) is 57.1 Å². The van der Waals surface area contributed by atoms with Gasteiger partial charge in [0.25, 0.3) is 5.91 Å². The van der Waals surface area contributed by atoms with E-state index in [1.807, 2.05) is 4.90 Å². The quantitative estimate of drug-likeness (QED) is 0.779.